The maximum absolute atomic E-state index is 11.5. The van der Waals surface area contributed by atoms with E-state index in [2.05, 4.69) is 15.0 Å². The molecule has 0 spiro atoms. The van der Waals surface area contributed by atoms with E-state index in [1.165, 1.54) is 17.2 Å². The van der Waals surface area contributed by atoms with Crippen LogP contribution in [0.4, 0.5) is 5.82 Å². The number of imidazole rings is 1. The Bertz CT molecular complexity index is 836. The minimum Gasteiger partial charge on any atom is -0.394 e. The summed E-state index contributed by atoms with van der Waals surface area (Å²) >= 11 is 0. The summed E-state index contributed by atoms with van der Waals surface area (Å²) in [5.41, 5.74) is 1.01. The Hall–Kier alpha value is -2.34. The summed E-state index contributed by atoms with van der Waals surface area (Å²) in [7, 11) is 0. The first-order valence-corrected chi connectivity index (χ1v) is 8.81. The van der Waals surface area contributed by atoms with E-state index < -0.39 is 31.1 Å². The van der Waals surface area contributed by atoms with Crippen molar-refractivity contribution in [2.24, 2.45) is 0 Å². The second-order valence-electron chi connectivity index (χ2n) is 6.74. The molecule has 27 heavy (non-hydrogen) atoms. The Morgan fingerprint density at radius 1 is 1.19 bits per heavy atom. The van der Waals surface area contributed by atoms with Gasteiger partial charge in [0.25, 0.3) is 0 Å². The molecule has 1 amide bonds. The molecule has 2 aromatic heterocycles. The monoisotopic (exact) mass is 378 g/mol. The molecule has 0 aliphatic carbocycles. The van der Waals surface area contributed by atoms with Crippen molar-refractivity contribution in [3.63, 3.8) is 0 Å². The minimum absolute atomic E-state index is 0.0520. The summed E-state index contributed by atoms with van der Waals surface area (Å²) in [4.78, 5) is 28.3. The molecule has 2 aromatic rings. The third-order valence-corrected chi connectivity index (χ3v) is 5.16. The van der Waals surface area contributed by atoms with E-state index in [4.69, 9.17) is 4.74 Å². The molecule has 11 heteroatoms. The number of anilines is 1. The van der Waals surface area contributed by atoms with Gasteiger partial charge < -0.3 is 29.9 Å². The Kier molecular flexibility index (Phi) is 4.68. The molecule has 0 saturated carbocycles. The van der Waals surface area contributed by atoms with E-state index in [1.807, 2.05) is 4.90 Å². The summed E-state index contributed by atoms with van der Waals surface area (Å²) in [6.45, 7) is 3.63. The third kappa shape index (κ3) is 3.02. The van der Waals surface area contributed by atoms with Crippen LogP contribution in [-0.2, 0) is 9.53 Å². The number of hydrogen-bond donors (Lipinski definition) is 3. The largest absolute Gasteiger partial charge is 0.394 e. The van der Waals surface area contributed by atoms with Gasteiger partial charge in [0.1, 0.15) is 24.6 Å². The molecule has 4 heterocycles. The molecule has 0 bridgehead atoms. The van der Waals surface area contributed by atoms with Gasteiger partial charge in [0.05, 0.1) is 12.9 Å². The molecule has 4 rings (SSSR count). The predicted octanol–water partition coefficient (Wildman–Crippen LogP) is -1.89. The van der Waals surface area contributed by atoms with Gasteiger partial charge in [-0.3, -0.25) is 9.36 Å². The molecule has 0 unspecified atom stereocenters. The summed E-state index contributed by atoms with van der Waals surface area (Å²) in [6.07, 6.45) is -1.29. The van der Waals surface area contributed by atoms with Crippen molar-refractivity contribution >= 4 is 22.9 Å². The van der Waals surface area contributed by atoms with Gasteiger partial charge in [0, 0.05) is 33.1 Å². The van der Waals surface area contributed by atoms with Gasteiger partial charge in [-0.15, -0.1) is 0 Å². The highest BCUT2D eigenvalue weighted by molar-refractivity contribution is 5.83. The highest BCUT2D eigenvalue weighted by atomic mass is 16.6. The molecule has 2 fully saturated rings. The first kappa shape index (κ1) is 18.0. The lowest BCUT2D eigenvalue weighted by Gasteiger charge is -2.34. The van der Waals surface area contributed by atoms with Gasteiger partial charge in [-0.05, 0) is 0 Å². The first-order valence-electron chi connectivity index (χ1n) is 8.81. The molecule has 4 atom stereocenters. The number of ether oxygens (including phenoxy) is 1. The van der Waals surface area contributed by atoms with E-state index in [0.717, 1.165) is 0 Å². The number of piperazine rings is 1. The summed E-state index contributed by atoms with van der Waals surface area (Å²) in [5.74, 6) is 0.699. The molecule has 2 aliphatic rings. The minimum atomic E-state index is -1.21. The molecule has 0 radical (unpaired) electrons. The van der Waals surface area contributed by atoms with Crippen molar-refractivity contribution in [2.45, 2.75) is 31.5 Å². The Balaban J connectivity index is 1.62. The normalized spacial score (nSPS) is 28.9. The van der Waals surface area contributed by atoms with Gasteiger partial charge in [0.2, 0.25) is 5.91 Å². The topological polar surface area (TPSA) is 137 Å². The number of carbonyl (C=O) groups excluding carboxylic acids is 1. The first-order chi connectivity index (χ1) is 13.0. The molecule has 0 aromatic carbocycles. The van der Waals surface area contributed by atoms with Gasteiger partial charge in [-0.1, -0.05) is 0 Å². The van der Waals surface area contributed by atoms with Crippen molar-refractivity contribution < 1.29 is 24.9 Å². The van der Waals surface area contributed by atoms with Gasteiger partial charge in [0.15, 0.2) is 23.2 Å². The van der Waals surface area contributed by atoms with E-state index in [9.17, 15) is 20.1 Å². The highest BCUT2D eigenvalue weighted by Crippen LogP contribution is 2.32. The average Bonchev–Trinajstić information content (AvgIpc) is 3.23. The van der Waals surface area contributed by atoms with Crippen LogP contribution < -0.4 is 4.90 Å². The number of rotatable bonds is 3. The molecular formula is C16H22N6O5. The smallest absolute Gasteiger partial charge is 0.219 e. The van der Waals surface area contributed by atoms with Gasteiger partial charge >= 0.3 is 0 Å². The lowest BCUT2D eigenvalue weighted by Crippen LogP contribution is -2.48. The third-order valence-electron chi connectivity index (χ3n) is 5.16. The fourth-order valence-electron chi connectivity index (χ4n) is 3.60. The van der Waals surface area contributed by atoms with Crippen LogP contribution in [-0.4, -0.2) is 96.7 Å². The number of aliphatic hydroxyl groups is 3. The van der Waals surface area contributed by atoms with Crippen LogP contribution in [0.15, 0.2) is 12.7 Å². The standard InChI is InChI=1S/C16H22N6O5/c1-9(24)20-2-4-21(5-3-20)14-11-15(18-7-17-14)22(8-19-11)16-13(26)12(25)10(6-23)27-16/h7-8,10,12-13,16,23,25-26H,2-6H2,1H3/t10-,12-,13-,16-/m1/s1. The van der Waals surface area contributed by atoms with Crippen molar-refractivity contribution in [1.82, 2.24) is 24.4 Å². The number of aliphatic hydroxyl groups excluding tert-OH is 3. The van der Waals surface area contributed by atoms with Crippen LogP contribution in [0.25, 0.3) is 11.2 Å². The second kappa shape index (κ2) is 7.00. The number of nitrogens with zero attached hydrogens (tertiary/aromatic N) is 6. The quantitative estimate of drug-likeness (QED) is 0.559. The lowest BCUT2D eigenvalue weighted by atomic mass is 10.1. The van der Waals surface area contributed by atoms with Gasteiger partial charge in [-0.2, -0.15) is 0 Å². The van der Waals surface area contributed by atoms with Crippen LogP contribution in [0.3, 0.4) is 0 Å². The lowest BCUT2D eigenvalue weighted by molar-refractivity contribution is -0.129. The fraction of sp³-hybridized carbons (Fsp3) is 0.625. The zero-order valence-corrected chi connectivity index (χ0v) is 14.8. The number of carbonyl (C=O) groups is 1. The molecule has 3 N–H and O–H groups in total. The van der Waals surface area contributed by atoms with Crippen LogP contribution in [0.5, 0.6) is 0 Å². The van der Waals surface area contributed by atoms with E-state index in [1.54, 1.807) is 11.8 Å². The maximum Gasteiger partial charge on any atom is 0.219 e. The van der Waals surface area contributed by atoms with Crippen LogP contribution >= 0.6 is 0 Å². The number of hydrogen-bond acceptors (Lipinski definition) is 9. The van der Waals surface area contributed by atoms with Crippen molar-refractivity contribution in [3.05, 3.63) is 12.7 Å². The Morgan fingerprint density at radius 2 is 1.93 bits per heavy atom. The molecule has 11 nitrogen and oxygen atoms in total. The van der Waals surface area contributed by atoms with Crippen molar-refractivity contribution in [2.75, 3.05) is 37.7 Å². The van der Waals surface area contributed by atoms with Crippen LogP contribution in [0.2, 0.25) is 0 Å². The molecule has 2 aliphatic heterocycles. The average molecular weight is 378 g/mol. The molecule has 2 saturated heterocycles. The van der Waals surface area contributed by atoms with Crippen molar-refractivity contribution in [1.29, 1.82) is 0 Å². The number of amides is 1. The fourth-order valence-corrected chi connectivity index (χ4v) is 3.60. The molecule has 146 valence electrons. The van der Waals surface area contributed by atoms with E-state index in [-0.39, 0.29) is 5.91 Å². The Labute approximate surface area is 154 Å². The Morgan fingerprint density at radius 3 is 2.56 bits per heavy atom. The number of aromatic nitrogens is 4. The van der Waals surface area contributed by atoms with Crippen molar-refractivity contribution in [3.8, 4) is 0 Å². The highest BCUT2D eigenvalue weighted by Gasteiger charge is 2.44. The van der Waals surface area contributed by atoms with Crippen LogP contribution in [0, 0.1) is 0 Å². The number of fused-ring (bicyclic) bond motifs is 1. The maximum atomic E-state index is 11.5. The van der Waals surface area contributed by atoms with E-state index >= 15 is 0 Å². The van der Waals surface area contributed by atoms with Crippen LogP contribution in [0.1, 0.15) is 13.2 Å². The summed E-state index contributed by atoms with van der Waals surface area (Å²) in [5, 5.41) is 29.5. The van der Waals surface area contributed by atoms with E-state index in [0.29, 0.717) is 43.2 Å². The summed E-state index contributed by atoms with van der Waals surface area (Å²) in [6, 6.07) is 0. The predicted molar refractivity (Wildman–Crippen MR) is 92.8 cm³/mol. The summed E-state index contributed by atoms with van der Waals surface area (Å²) < 4.78 is 7.11. The second-order valence-corrected chi connectivity index (χ2v) is 6.74. The zero-order chi connectivity index (χ0) is 19.1. The zero-order valence-electron chi connectivity index (χ0n) is 14.8. The van der Waals surface area contributed by atoms with Gasteiger partial charge in [-0.25, -0.2) is 15.0 Å². The SMILES string of the molecule is CC(=O)N1CCN(c2ncnc3c2ncn3[C@@H]2O[C@H](CO)[C@@H](O)[C@H]2O)CC1. The molecular weight excluding hydrogens is 356 g/mol.